The van der Waals surface area contributed by atoms with E-state index in [4.69, 9.17) is 4.74 Å². The van der Waals surface area contributed by atoms with Gasteiger partial charge in [0.2, 0.25) is 0 Å². The van der Waals surface area contributed by atoms with Crippen molar-refractivity contribution in [3.8, 4) is 0 Å². The Bertz CT molecular complexity index is 601. The molecule has 0 radical (unpaired) electrons. The van der Waals surface area contributed by atoms with E-state index >= 15 is 0 Å². The molecule has 23 heavy (non-hydrogen) atoms. The van der Waals surface area contributed by atoms with Crippen LogP contribution in [-0.2, 0) is 19.1 Å². The van der Waals surface area contributed by atoms with Gasteiger partial charge in [-0.15, -0.1) is 0 Å². The Kier molecular flexibility index (Phi) is 6.30. The number of carbonyl (C=O) groups is 3. The fraction of sp³-hybridized carbons (Fsp3) is 0.471. The molecule has 6 nitrogen and oxygen atoms in total. The van der Waals surface area contributed by atoms with Crippen LogP contribution in [0.5, 0.6) is 0 Å². The highest BCUT2D eigenvalue weighted by Crippen LogP contribution is 2.19. The van der Waals surface area contributed by atoms with E-state index in [1.54, 1.807) is 19.1 Å². The second kappa shape index (κ2) is 7.76. The van der Waals surface area contributed by atoms with Crippen molar-refractivity contribution in [1.29, 1.82) is 0 Å². The molecule has 0 saturated heterocycles. The normalized spacial score (nSPS) is 10.8. The lowest BCUT2D eigenvalue weighted by molar-refractivity contribution is -0.149. The summed E-state index contributed by atoms with van der Waals surface area (Å²) in [6.07, 6.45) is 0.233. The van der Waals surface area contributed by atoms with Crippen LogP contribution < -0.4 is 5.32 Å². The Morgan fingerprint density at radius 2 is 1.83 bits per heavy atom. The summed E-state index contributed by atoms with van der Waals surface area (Å²) in [5.41, 5.74) is 1.40. The first kappa shape index (κ1) is 18.7. The molecular formula is C17H23NO5. The summed E-state index contributed by atoms with van der Waals surface area (Å²) < 4.78 is 9.59. The van der Waals surface area contributed by atoms with Gasteiger partial charge in [-0.25, -0.2) is 4.79 Å². The Morgan fingerprint density at radius 1 is 1.17 bits per heavy atom. The third kappa shape index (κ3) is 6.50. The molecule has 0 aromatic heterocycles. The van der Waals surface area contributed by atoms with Crippen molar-refractivity contribution in [3.63, 3.8) is 0 Å². The Labute approximate surface area is 136 Å². The predicted octanol–water partition coefficient (Wildman–Crippen LogP) is 2.70. The van der Waals surface area contributed by atoms with E-state index in [-0.39, 0.29) is 18.4 Å². The fourth-order valence-corrected chi connectivity index (χ4v) is 1.82. The maximum atomic E-state index is 11.9. The number of esters is 2. The Hall–Kier alpha value is -2.37. The molecule has 1 amide bonds. The predicted molar refractivity (Wildman–Crippen MR) is 86.2 cm³/mol. The maximum absolute atomic E-state index is 11.9. The van der Waals surface area contributed by atoms with Gasteiger partial charge in [0.25, 0.3) is 5.91 Å². The number of hydrogen-bond donors (Lipinski definition) is 1. The molecule has 0 unspecified atom stereocenters. The van der Waals surface area contributed by atoms with Gasteiger partial charge in [0.1, 0.15) is 0 Å². The molecule has 1 N–H and O–H groups in total. The Balaban J connectivity index is 2.64. The molecule has 0 spiro atoms. The number of anilines is 1. The molecule has 0 aliphatic heterocycles. The molecular weight excluding hydrogens is 298 g/mol. The highest BCUT2D eigenvalue weighted by molar-refractivity contribution is 5.96. The average Bonchev–Trinajstić information content (AvgIpc) is 2.45. The number of carbonyl (C=O) groups excluding carboxylic acids is 3. The van der Waals surface area contributed by atoms with Gasteiger partial charge in [-0.05, 0) is 30.0 Å². The summed E-state index contributed by atoms with van der Waals surface area (Å²) in [7, 11) is 1.29. The molecule has 6 heteroatoms. The minimum Gasteiger partial charge on any atom is -0.465 e. The van der Waals surface area contributed by atoms with Crippen LogP contribution in [0.1, 0.15) is 43.1 Å². The topological polar surface area (TPSA) is 81.7 Å². The first-order valence-corrected chi connectivity index (χ1v) is 7.27. The van der Waals surface area contributed by atoms with Crippen LogP contribution in [0.3, 0.4) is 0 Å². The zero-order chi connectivity index (χ0) is 17.6. The van der Waals surface area contributed by atoms with Crippen LogP contribution in [0, 0.1) is 12.3 Å². The second-order valence-electron chi connectivity index (χ2n) is 6.47. The van der Waals surface area contributed by atoms with Crippen LogP contribution in [0.25, 0.3) is 0 Å². The molecule has 0 atom stereocenters. The molecule has 0 fully saturated rings. The monoisotopic (exact) mass is 321 g/mol. The van der Waals surface area contributed by atoms with Crippen LogP contribution in [0.4, 0.5) is 5.69 Å². The summed E-state index contributed by atoms with van der Waals surface area (Å²) in [5, 5.41) is 2.62. The highest BCUT2D eigenvalue weighted by Gasteiger charge is 2.18. The largest absolute Gasteiger partial charge is 0.465 e. The first-order chi connectivity index (χ1) is 10.6. The quantitative estimate of drug-likeness (QED) is 0.843. The van der Waals surface area contributed by atoms with E-state index in [2.05, 4.69) is 10.1 Å². The summed E-state index contributed by atoms with van der Waals surface area (Å²) in [5.74, 6) is -1.37. The van der Waals surface area contributed by atoms with E-state index in [0.29, 0.717) is 11.3 Å². The van der Waals surface area contributed by atoms with E-state index in [0.717, 1.165) is 5.56 Å². The zero-order valence-corrected chi connectivity index (χ0v) is 14.2. The van der Waals surface area contributed by atoms with Gasteiger partial charge in [0, 0.05) is 5.69 Å². The number of benzene rings is 1. The van der Waals surface area contributed by atoms with E-state index in [1.807, 2.05) is 20.8 Å². The van der Waals surface area contributed by atoms with Crippen molar-refractivity contribution < 1.29 is 23.9 Å². The van der Waals surface area contributed by atoms with Crippen molar-refractivity contribution in [2.45, 2.75) is 34.1 Å². The fourth-order valence-electron chi connectivity index (χ4n) is 1.82. The third-order valence-corrected chi connectivity index (χ3v) is 2.97. The molecule has 0 aliphatic rings. The molecule has 1 aromatic rings. The summed E-state index contributed by atoms with van der Waals surface area (Å²) in [6.45, 7) is 7.17. The van der Waals surface area contributed by atoms with Gasteiger partial charge >= 0.3 is 11.9 Å². The molecule has 1 rings (SSSR count). The van der Waals surface area contributed by atoms with E-state index < -0.39 is 17.8 Å². The Morgan fingerprint density at radius 3 is 2.39 bits per heavy atom. The van der Waals surface area contributed by atoms with Crippen molar-refractivity contribution in [1.82, 2.24) is 0 Å². The molecule has 0 bridgehead atoms. The molecule has 126 valence electrons. The number of methoxy groups -OCH3 is 1. The first-order valence-electron chi connectivity index (χ1n) is 7.27. The lowest BCUT2D eigenvalue weighted by Crippen LogP contribution is -2.23. The highest BCUT2D eigenvalue weighted by atomic mass is 16.5. The SMILES string of the molecule is COC(=O)c1ccc(C)c(NC(=O)COC(=O)CC(C)(C)C)c1. The number of aryl methyl sites for hydroxylation is 1. The lowest BCUT2D eigenvalue weighted by atomic mass is 9.92. The van der Waals surface area contributed by atoms with Gasteiger partial charge in [-0.2, -0.15) is 0 Å². The minimum atomic E-state index is -0.489. The van der Waals surface area contributed by atoms with Crippen LogP contribution in [0.15, 0.2) is 18.2 Å². The lowest BCUT2D eigenvalue weighted by Gasteiger charge is -2.16. The van der Waals surface area contributed by atoms with Crippen LogP contribution in [-0.4, -0.2) is 31.6 Å². The van der Waals surface area contributed by atoms with Crippen molar-refractivity contribution >= 4 is 23.5 Å². The zero-order valence-electron chi connectivity index (χ0n) is 14.2. The summed E-state index contributed by atoms with van der Waals surface area (Å²) in [6, 6.07) is 4.84. The smallest absolute Gasteiger partial charge is 0.337 e. The van der Waals surface area contributed by atoms with E-state index in [1.165, 1.54) is 13.2 Å². The number of hydrogen-bond acceptors (Lipinski definition) is 5. The van der Waals surface area contributed by atoms with Gasteiger partial charge in [0.05, 0.1) is 19.1 Å². The van der Waals surface area contributed by atoms with Crippen LogP contribution in [0.2, 0.25) is 0 Å². The summed E-state index contributed by atoms with van der Waals surface area (Å²) in [4.78, 5) is 35.0. The van der Waals surface area contributed by atoms with Gasteiger partial charge < -0.3 is 14.8 Å². The number of nitrogens with one attached hydrogen (secondary N) is 1. The number of rotatable bonds is 5. The van der Waals surface area contributed by atoms with Gasteiger partial charge in [0.15, 0.2) is 6.61 Å². The van der Waals surface area contributed by atoms with Crippen molar-refractivity contribution in [2.75, 3.05) is 19.0 Å². The third-order valence-electron chi connectivity index (χ3n) is 2.97. The van der Waals surface area contributed by atoms with Crippen molar-refractivity contribution in [2.24, 2.45) is 5.41 Å². The molecule has 1 aromatic carbocycles. The molecule has 0 aliphatic carbocycles. The minimum absolute atomic E-state index is 0.195. The summed E-state index contributed by atoms with van der Waals surface area (Å²) >= 11 is 0. The number of ether oxygens (including phenoxy) is 2. The number of amides is 1. The maximum Gasteiger partial charge on any atom is 0.337 e. The second-order valence-corrected chi connectivity index (χ2v) is 6.47. The van der Waals surface area contributed by atoms with E-state index in [9.17, 15) is 14.4 Å². The van der Waals surface area contributed by atoms with Gasteiger partial charge in [-0.1, -0.05) is 26.8 Å². The van der Waals surface area contributed by atoms with Crippen molar-refractivity contribution in [3.05, 3.63) is 29.3 Å². The average molecular weight is 321 g/mol. The van der Waals surface area contributed by atoms with Gasteiger partial charge in [-0.3, -0.25) is 9.59 Å². The van der Waals surface area contributed by atoms with Crippen LogP contribution >= 0.6 is 0 Å². The standard InChI is InChI=1S/C17H23NO5/c1-11-6-7-12(16(21)22-5)8-13(11)18-14(19)10-23-15(20)9-17(2,3)4/h6-8H,9-10H2,1-5H3,(H,18,19). The molecule has 0 saturated carbocycles. The molecule has 0 heterocycles.